The summed E-state index contributed by atoms with van der Waals surface area (Å²) in [5, 5.41) is 2.20. The van der Waals surface area contributed by atoms with Crippen molar-refractivity contribution in [1.82, 2.24) is 0 Å². The Balaban J connectivity index is 2.04. The minimum absolute atomic E-state index is 0.0155. The summed E-state index contributed by atoms with van der Waals surface area (Å²) < 4.78 is 38.5. The summed E-state index contributed by atoms with van der Waals surface area (Å²) in [6.07, 6.45) is -4.54. The molecule has 2 rings (SSSR count). The Bertz CT molecular complexity index is 791. The lowest BCUT2D eigenvalue weighted by Gasteiger charge is -2.10. The van der Waals surface area contributed by atoms with Crippen LogP contribution in [0.2, 0.25) is 5.02 Å². The Hall–Kier alpha value is -1.99. The van der Waals surface area contributed by atoms with Crippen LogP contribution in [0.5, 0.6) is 0 Å². The van der Waals surface area contributed by atoms with Crippen molar-refractivity contribution in [2.24, 2.45) is 0 Å². The van der Waals surface area contributed by atoms with Crippen LogP contribution in [0.3, 0.4) is 0 Å². The lowest BCUT2D eigenvalue weighted by atomic mass is 10.1. The Morgan fingerprint density at radius 2 is 1.76 bits per heavy atom. The first-order valence-corrected chi connectivity index (χ1v) is 8.43. The van der Waals surface area contributed by atoms with E-state index in [-0.39, 0.29) is 22.5 Å². The van der Waals surface area contributed by atoms with Crippen LogP contribution >= 0.6 is 23.4 Å². The second kappa shape index (κ2) is 7.93. The van der Waals surface area contributed by atoms with Crippen LogP contribution in [0, 0.1) is 0 Å². The standard InChI is InChI=1S/C17H13ClF3NO2S/c1-10(23)22-12-4-2-11(3-5-12)16(24)9-25-13-6-7-15(18)14(8-13)17(19,20)21/h2-8H,9H2,1H3,(H,22,23). The minimum atomic E-state index is -4.54. The maximum absolute atomic E-state index is 12.8. The Labute approximate surface area is 151 Å². The van der Waals surface area contributed by atoms with Gasteiger partial charge in [-0.2, -0.15) is 13.2 Å². The third-order valence-corrected chi connectivity index (χ3v) is 4.46. The Morgan fingerprint density at radius 3 is 2.32 bits per heavy atom. The summed E-state index contributed by atoms with van der Waals surface area (Å²) in [6.45, 7) is 1.37. The highest BCUT2D eigenvalue weighted by Crippen LogP contribution is 2.37. The average molecular weight is 388 g/mol. The molecule has 0 spiro atoms. The summed E-state index contributed by atoms with van der Waals surface area (Å²) >= 11 is 6.56. The second-order valence-corrected chi connectivity index (χ2v) is 6.57. The Kier molecular flexibility index (Phi) is 6.13. The minimum Gasteiger partial charge on any atom is -0.326 e. The first kappa shape index (κ1) is 19.3. The smallest absolute Gasteiger partial charge is 0.326 e. The molecular weight excluding hydrogens is 375 g/mol. The van der Waals surface area contributed by atoms with E-state index < -0.39 is 11.7 Å². The third kappa shape index (κ3) is 5.51. The van der Waals surface area contributed by atoms with Crippen molar-refractivity contribution < 1.29 is 22.8 Å². The van der Waals surface area contributed by atoms with Gasteiger partial charge < -0.3 is 5.32 Å². The van der Waals surface area contributed by atoms with E-state index in [0.717, 1.165) is 17.8 Å². The van der Waals surface area contributed by atoms with Gasteiger partial charge in [-0.05, 0) is 42.5 Å². The summed E-state index contributed by atoms with van der Waals surface area (Å²) in [7, 11) is 0. The zero-order valence-electron chi connectivity index (χ0n) is 13.0. The van der Waals surface area contributed by atoms with Gasteiger partial charge in [0, 0.05) is 23.1 Å². The van der Waals surface area contributed by atoms with Gasteiger partial charge in [-0.3, -0.25) is 9.59 Å². The number of amides is 1. The number of halogens is 4. The first-order chi connectivity index (χ1) is 11.7. The zero-order valence-corrected chi connectivity index (χ0v) is 14.6. The molecule has 0 atom stereocenters. The van der Waals surface area contributed by atoms with Crippen molar-refractivity contribution in [3.63, 3.8) is 0 Å². The first-order valence-electron chi connectivity index (χ1n) is 7.07. The number of hydrogen-bond acceptors (Lipinski definition) is 3. The van der Waals surface area contributed by atoms with Crippen LogP contribution in [0.1, 0.15) is 22.8 Å². The van der Waals surface area contributed by atoms with Crippen LogP contribution in [0.25, 0.3) is 0 Å². The van der Waals surface area contributed by atoms with Crippen LogP contribution in [0.4, 0.5) is 18.9 Å². The fraction of sp³-hybridized carbons (Fsp3) is 0.176. The van der Waals surface area contributed by atoms with Gasteiger partial charge >= 0.3 is 6.18 Å². The van der Waals surface area contributed by atoms with Crippen LogP contribution in [0.15, 0.2) is 47.4 Å². The zero-order chi connectivity index (χ0) is 18.6. The molecule has 0 fully saturated rings. The highest BCUT2D eigenvalue weighted by Gasteiger charge is 2.33. The molecule has 0 unspecified atom stereocenters. The molecule has 1 amide bonds. The molecule has 0 radical (unpaired) electrons. The number of carbonyl (C=O) groups is 2. The van der Waals surface area contributed by atoms with Crippen molar-refractivity contribution in [2.75, 3.05) is 11.1 Å². The molecule has 0 bridgehead atoms. The van der Waals surface area contributed by atoms with Crippen molar-refractivity contribution in [2.45, 2.75) is 18.0 Å². The fourth-order valence-corrected chi connectivity index (χ4v) is 3.04. The SMILES string of the molecule is CC(=O)Nc1ccc(C(=O)CSc2ccc(Cl)c(C(F)(F)F)c2)cc1. The van der Waals surface area contributed by atoms with E-state index >= 15 is 0 Å². The van der Waals surface area contributed by atoms with Crippen LogP contribution in [-0.4, -0.2) is 17.4 Å². The monoisotopic (exact) mass is 387 g/mol. The quantitative estimate of drug-likeness (QED) is 0.560. The topological polar surface area (TPSA) is 46.2 Å². The molecule has 25 heavy (non-hydrogen) atoms. The van der Waals surface area contributed by atoms with Gasteiger partial charge in [0.25, 0.3) is 0 Å². The number of Topliss-reactive ketones (excluding diaryl/α,β-unsaturated/α-hetero) is 1. The van der Waals surface area contributed by atoms with E-state index in [1.54, 1.807) is 24.3 Å². The van der Waals surface area contributed by atoms with Gasteiger partial charge in [-0.15, -0.1) is 11.8 Å². The predicted octanol–water partition coefficient (Wildman–Crippen LogP) is 5.29. The molecular formula is C17H13ClF3NO2S. The van der Waals surface area contributed by atoms with Crippen molar-refractivity contribution >= 4 is 40.7 Å². The van der Waals surface area contributed by atoms with Gasteiger partial charge in [0.15, 0.2) is 5.78 Å². The molecule has 2 aromatic rings. The van der Waals surface area contributed by atoms with Crippen molar-refractivity contribution in [3.05, 3.63) is 58.6 Å². The summed E-state index contributed by atoms with van der Waals surface area (Å²) in [4.78, 5) is 23.4. The molecule has 2 aromatic carbocycles. The molecule has 132 valence electrons. The molecule has 0 heterocycles. The number of carbonyl (C=O) groups excluding carboxylic acids is 2. The molecule has 0 aromatic heterocycles. The number of hydrogen-bond donors (Lipinski definition) is 1. The van der Waals surface area contributed by atoms with Crippen molar-refractivity contribution in [1.29, 1.82) is 0 Å². The van der Waals surface area contributed by atoms with Gasteiger partial charge in [0.1, 0.15) is 0 Å². The number of ketones is 1. The van der Waals surface area contributed by atoms with Crippen LogP contribution < -0.4 is 5.32 Å². The van der Waals surface area contributed by atoms with Gasteiger partial charge in [-0.1, -0.05) is 11.6 Å². The van der Waals surface area contributed by atoms with E-state index in [4.69, 9.17) is 11.6 Å². The normalized spacial score (nSPS) is 11.2. The summed E-state index contributed by atoms with van der Waals surface area (Å²) in [6, 6.07) is 9.82. The lowest BCUT2D eigenvalue weighted by molar-refractivity contribution is -0.137. The van der Waals surface area contributed by atoms with Gasteiger partial charge in [0.2, 0.25) is 5.91 Å². The van der Waals surface area contributed by atoms with E-state index in [2.05, 4.69) is 5.32 Å². The number of thioether (sulfide) groups is 1. The molecule has 0 aliphatic rings. The molecule has 8 heteroatoms. The van der Waals surface area contributed by atoms with Gasteiger partial charge in [0.05, 0.1) is 16.3 Å². The van der Waals surface area contributed by atoms with E-state index in [9.17, 15) is 22.8 Å². The largest absolute Gasteiger partial charge is 0.417 e. The van der Waals surface area contributed by atoms with E-state index in [1.807, 2.05) is 0 Å². The molecule has 0 saturated carbocycles. The second-order valence-electron chi connectivity index (χ2n) is 5.11. The molecule has 0 saturated heterocycles. The van der Waals surface area contributed by atoms with E-state index in [1.165, 1.54) is 19.1 Å². The number of benzene rings is 2. The molecule has 0 aliphatic heterocycles. The average Bonchev–Trinajstić information content (AvgIpc) is 2.53. The fourth-order valence-electron chi connectivity index (χ4n) is 1.99. The highest BCUT2D eigenvalue weighted by atomic mass is 35.5. The Morgan fingerprint density at radius 1 is 1.12 bits per heavy atom. The van der Waals surface area contributed by atoms with E-state index in [0.29, 0.717) is 16.1 Å². The predicted molar refractivity (Wildman–Crippen MR) is 92.3 cm³/mol. The van der Waals surface area contributed by atoms with Crippen LogP contribution in [-0.2, 0) is 11.0 Å². The number of rotatable bonds is 5. The number of anilines is 1. The molecule has 3 nitrogen and oxygen atoms in total. The lowest BCUT2D eigenvalue weighted by Crippen LogP contribution is -2.07. The third-order valence-electron chi connectivity index (χ3n) is 3.14. The number of alkyl halides is 3. The maximum Gasteiger partial charge on any atom is 0.417 e. The summed E-state index contributed by atoms with van der Waals surface area (Å²) in [5.41, 5.74) is 0.0436. The summed E-state index contributed by atoms with van der Waals surface area (Å²) in [5.74, 6) is -0.473. The van der Waals surface area contributed by atoms with Crippen molar-refractivity contribution in [3.8, 4) is 0 Å². The maximum atomic E-state index is 12.8. The van der Waals surface area contributed by atoms with Gasteiger partial charge in [-0.25, -0.2) is 0 Å². The highest BCUT2D eigenvalue weighted by molar-refractivity contribution is 8.00. The molecule has 1 N–H and O–H groups in total. The number of nitrogens with one attached hydrogen (secondary N) is 1. The molecule has 0 aliphatic carbocycles.